The van der Waals surface area contributed by atoms with Gasteiger partial charge in [-0.2, -0.15) is 0 Å². The number of benzene rings is 2. The molecule has 0 unspecified atom stereocenters. The lowest BCUT2D eigenvalue weighted by molar-refractivity contribution is 0.478. The number of phenols is 1. The third kappa shape index (κ3) is 1.78. The number of halogens is 1. The van der Waals surface area contributed by atoms with E-state index in [1.165, 1.54) is 23.5 Å². The molecular weight excluding hydrogens is 251 g/mol. The van der Waals surface area contributed by atoms with E-state index in [-0.39, 0.29) is 11.6 Å². The zero-order chi connectivity index (χ0) is 12.7. The molecule has 0 radical (unpaired) electrons. The molecule has 0 saturated heterocycles. The molecule has 3 N–H and O–H groups in total. The average Bonchev–Trinajstić information content (AvgIpc) is 2.75. The van der Waals surface area contributed by atoms with Crippen LogP contribution < -0.4 is 5.73 Å². The van der Waals surface area contributed by atoms with Gasteiger partial charge in [0.25, 0.3) is 0 Å². The number of nitrogen functional groups attached to an aromatic ring is 1. The minimum Gasteiger partial charge on any atom is -0.506 e. The summed E-state index contributed by atoms with van der Waals surface area (Å²) in [4.78, 5) is 4.39. The minimum absolute atomic E-state index is 0.0259. The lowest BCUT2D eigenvalue weighted by atomic mass is 10.2. The number of hydrogen-bond donors (Lipinski definition) is 2. The number of nitrogens with two attached hydrogens (primary N) is 1. The molecule has 1 aromatic heterocycles. The van der Waals surface area contributed by atoms with Crippen LogP contribution in [0.1, 0.15) is 0 Å². The maximum Gasteiger partial charge on any atom is 0.139 e. The van der Waals surface area contributed by atoms with Crippen LogP contribution >= 0.6 is 11.3 Å². The van der Waals surface area contributed by atoms with E-state index >= 15 is 0 Å². The predicted octanol–water partition coefficient (Wildman–Crippen LogP) is 3.39. The van der Waals surface area contributed by atoms with Gasteiger partial charge in [-0.1, -0.05) is 0 Å². The highest BCUT2D eigenvalue weighted by molar-refractivity contribution is 7.21. The van der Waals surface area contributed by atoms with E-state index in [9.17, 15) is 9.50 Å². The van der Waals surface area contributed by atoms with Gasteiger partial charge in [0, 0.05) is 5.56 Å². The quantitative estimate of drug-likeness (QED) is 0.521. The number of phenolic OH excluding ortho intramolecular Hbond substituents is 1. The summed E-state index contributed by atoms with van der Waals surface area (Å²) in [6, 6.07) is 9.44. The second-order valence-corrected chi connectivity index (χ2v) is 4.94. The second kappa shape index (κ2) is 3.96. The summed E-state index contributed by atoms with van der Waals surface area (Å²) in [7, 11) is 0. The SMILES string of the molecule is Nc1ccc(-c2nc3ccc(F)cc3s2)cc1O. The molecule has 3 aromatic rings. The van der Waals surface area contributed by atoms with Crippen molar-refractivity contribution >= 4 is 27.2 Å². The molecule has 0 amide bonds. The third-order valence-corrected chi connectivity index (χ3v) is 3.70. The summed E-state index contributed by atoms with van der Waals surface area (Å²) in [6.45, 7) is 0. The highest BCUT2D eigenvalue weighted by Gasteiger charge is 2.08. The van der Waals surface area contributed by atoms with Crippen LogP contribution in [0.15, 0.2) is 36.4 Å². The number of aromatic hydroxyl groups is 1. The molecule has 0 atom stereocenters. The van der Waals surface area contributed by atoms with E-state index in [0.717, 1.165) is 20.8 Å². The lowest BCUT2D eigenvalue weighted by Crippen LogP contribution is -1.85. The minimum atomic E-state index is -0.280. The zero-order valence-corrected chi connectivity index (χ0v) is 10.0. The van der Waals surface area contributed by atoms with Crippen LogP contribution in [-0.4, -0.2) is 10.1 Å². The first kappa shape index (κ1) is 11.0. The Labute approximate surface area is 106 Å². The van der Waals surface area contributed by atoms with Gasteiger partial charge in [-0.15, -0.1) is 11.3 Å². The van der Waals surface area contributed by atoms with Gasteiger partial charge < -0.3 is 10.8 Å². The van der Waals surface area contributed by atoms with E-state index in [2.05, 4.69) is 4.98 Å². The maximum atomic E-state index is 13.1. The summed E-state index contributed by atoms with van der Waals surface area (Å²) in [6.07, 6.45) is 0. The fourth-order valence-electron chi connectivity index (χ4n) is 1.70. The number of nitrogens with zero attached hydrogens (tertiary/aromatic N) is 1. The van der Waals surface area contributed by atoms with Crippen LogP contribution in [0.4, 0.5) is 10.1 Å². The van der Waals surface area contributed by atoms with Crippen LogP contribution in [0.25, 0.3) is 20.8 Å². The summed E-state index contributed by atoms with van der Waals surface area (Å²) in [5.41, 5.74) is 7.38. The molecule has 1 heterocycles. The summed E-state index contributed by atoms with van der Waals surface area (Å²) in [5, 5.41) is 10.3. The summed E-state index contributed by atoms with van der Waals surface area (Å²) >= 11 is 1.38. The highest BCUT2D eigenvalue weighted by Crippen LogP contribution is 2.33. The first-order valence-corrected chi connectivity index (χ1v) is 6.10. The molecule has 0 bridgehead atoms. The van der Waals surface area contributed by atoms with Crippen LogP contribution in [0.3, 0.4) is 0 Å². The van der Waals surface area contributed by atoms with Crippen LogP contribution in [0, 0.1) is 5.82 Å². The van der Waals surface area contributed by atoms with Crippen molar-refractivity contribution in [2.75, 3.05) is 5.73 Å². The number of thiazole rings is 1. The van der Waals surface area contributed by atoms with Crippen LogP contribution in [-0.2, 0) is 0 Å². The van der Waals surface area contributed by atoms with Gasteiger partial charge in [-0.3, -0.25) is 0 Å². The largest absolute Gasteiger partial charge is 0.506 e. The molecule has 0 fully saturated rings. The maximum absolute atomic E-state index is 13.1. The second-order valence-electron chi connectivity index (χ2n) is 3.90. The first-order valence-electron chi connectivity index (χ1n) is 5.28. The van der Waals surface area contributed by atoms with Gasteiger partial charge in [0.2, 0.25) is 0 Å². The molecule has 0 saturated carbocycles. The Bertz CT molecular complexity index is 739. The molecule has 0 aliphatic carbocycles. The third-order valence-electron chi connectivity index (χ3n) is 2.63. The van der Waals surface area contributed by atoms with Crippen molar-refractivity contribution in [3.8, 4) is 16.3 Å². The Morgan fingerprint density at radius 1 is 1.17 bits per heavy atom. The lowest BCUT2D eigenvalue weighted by Gasteiger charge is -2.00. The van der Waals surface area contributed by atoms with Crippen LogP contribution in [0.2, 0.25) is 0 Å². The molecule has 90 valence electrons. The smallest absolute Gasteiger partial charge is 0.139 e. The van der Waals surface area contributed by atoms with Crippen molar-refractivity contribution in [2.45, 2.75) is 0 Å². The standard InChI is InChI=1S/C13H9FN2OS/c14-8-2-4-10-12(6-8)18-13(16-10)7-1-3-9(15)11(17)5-7/h1-6,17H,15H2. The molecule has 5 heteroatoms. The van der Waals surface area contributed by atoms with Gasteiger partial charge in [0.1, 0.15) is 16.6 Å². The van der Waals surface area contributed by atoms with Gasteiger partial charge in [-0.25, -0.2) is 9.37 Å². The monoisotopic (exact) mass is 260 g/mol. The topological polar surface area (TPSA) is 59.1 Å². The fourth-order valence-corrected chi connectivity index (χ4v) is 2.69. The Morgan fingerprint density at radius 2 is 2.00 bits per heavy atom. The number of rotatable bonds is 1. The van der Waals surface area contributed by atoms with E-state index < -0.39 is 0 Å². The van der Waals surface area contributed by atoms with Gasteiger partial charge in [0.15, 0.2) is 0 Å². The van der Waals surface area contributed by atoms with Gasteiger partial charge >= 0.3 is 0 Å². The van der Waals surface area contributed by atoms with E-state index in [0.29, 0.717) is 5.69 Å². The molecule has 3 rings (SSSR count). The van der Waals surface area contributed by atoms with E-state index in [1.807, 2.05) is 0 Å². The first-order chi connectivity index (χ1) is 8.63. The van der Waals surface area contributed by atoms with E-state index in [4.69, 9.17) is 5.73 Å². The van der Waals surface area contributed by atoms with Crippen molar-refractivity contribution in [1.82, 2.24) is 4.98 Å². The molecule has 0 spiro atoms. The van der Waals surface area contributed by atoms with Crippen LogP contribution in [0.5, 0.6) is 5.75 Å². The molecule has 18 heavy (non-hydrogen) atoms. The average molecular weight is 260 g/mol. The number of aromatic nitrogens is 1. The normalized spacial score (nSPS) is 10.9. The Balaban J connectivity index is 2.16. The van der Waals surface area contributed by atoms with Gasteiger partial charge in [0.05, 0.1) is 15.9 Å². The molecule has 3 nitrogen and oxygen atoms in total. The molecule has 0 aliphatic heterocycles. The van der Waals surface area contributed by atoms with Gasteiger partial charge in [-0.05, 0) is 36.4 Å². The van der Waals surface area contributed by atoms with Crippen molar-refractivity contribution in [1.29, 1.82) is 0 Å². The predicted molar refractivity (Wildman–Crippen MR) is 71.1 cm³/mol. The molecule has 0 aliphatic rings. The van der Waals surface area contributed by atoms with Crippen molar-refractivity contribution in [2.24, 2.45) is 0 Å². The molecule has 2 aromatic carbocycles. The fraction of sp³-hybridized carbons (Fsp3) is 0. The number of hydrogen-bond acceptors (Lipinski definition) is 4. The Kier molecular flexibility index (Phi) is 2.41. The summed E-state index contributed by atoms with van der Waals surface area (Å²) in [5.74, 6) is -0.254. The summed E-state index contributed by atoms with van der Waals surface area (Å²) < 4.78 is 13.9. The van der Waals surface area contributed by atoms with Crippen molar-refractivity contribution in [3.63, 3.8) is 0 Å². The van der Waals surface area contributed by atoms with Crippen molar-refractivity contribution < 1.29 is 9.50 Å². The number of anilines is 1. The highest BCUT2D eigenvalue weighted by atomic mass is 32.1. The molecular formula is C13H9FN2OS. The Morgan fingerprint density at radius 3 is 2.78 bits per heavy atom. The van der Waals surface area contributed by atoms with E-state index in [1.54, 1.807) is 24.3 Å². The van der Waals surface area contributed by atoms with Crippen molar-refractivity contribution in [3.05, 3.63) is 42.2 Å². The number of fused-ring (bicyclic) bond motifs is 1. The Hall–Kier alpha value is -2.14. The zero-order valence-electron chi connectivity index (χ0n) is 9.22.